The Hall–Kier alpha value is -2.89. The molecule has 6 heteroatoms. The molecule has 106 valence electrons. The van der Waals surface area contributed by atoms with Gasteiger partial charge in [0.05, 0.1) is 7.11 Å². The van der Waals surface area contributed by atoms with Crippen LogP contribution in [0.1, 0.15) is 0 Å². The van der Waals surface area contributed by atoms with Crippen molar-refractivity contribution in [3.63, 3.8) is 0 Å². The van der Waals surface area contributed by atoms with Gasteiger partial charge in [0.25, 0.3) is 5.89 Å². The fraction of sp³-hybridized carbons (Fsp3) is 0.0667. The van der Waals surface area contributed by atoms with E-state index in [4.69, 9.17) is 9.26 Å². The van der Waals surface area contributed by atoms with E-state index < -0.39 is 5.82 Å². The molecule has 0 saturated heterocycles. The molecule has 0 saturated carbocycles. The number of nitrogens with zero attached hydrogens (tertiary/aromatic N) is 2. The lowest BCUT2D eigenvalue weighted by atomic mass is 10.2. The van der Waals surface area contributed by atoms with Gasteiger partial charge in [0.1, 0.15) is 5.75 Å². The van der Waals surface area contributed by atoms with Crippen molar-refractivity contribution >= 4 is 0 Å². The summed E-state index contributed by atoms with van der Waals surface area (Å²) in [6.07, 6.45) is 0. The zero-order valence-electron chi connectivity index (χ0n) is 11.1. The number of ether oxygens (including phenoxy) is 1. The number of hydrogen-bond donors (Lipinski definition) is 1. The summed E-state index contributed by atoms with van der Waals surface area (Å²) in [5.41, 5.74) is 1.06. The Labute approximate surface area is 119 Å². The normalized spacial score (nSPS) is 10.6. The van der Waals surface area contributed by atoms with Crippen molar-refractivity contribution in [1.82, 2.24) is 10.1 Å². The Kier molecular flexibility index (Phi) is 3.27. The van der Waals surface area contributed by atoms with Crippen LogP contribution in [-0.2, 0) is 0 Å². The minimum atomic E-state index is -0.507. The van der Waals surface area contributed by atoms with Crippen LogP contribution in [0.4, 0.5) is 4.39 Å². The number of benzene rings is 2. The second-order valence-corrected chi connectivity index (χ2v) is 4.32. The smallest absolute Gasteiger partial charge is 0.258 e. The fourth-order valence-electron chi connectivity index (χ4n) is 1.90. The van der Waals surface area contributed by atoms with E-state index in [9.17, 15) is 9.50 Å². The van der Waals surface area contributed by atoms with Crippen LogP contribution in [0.25, 0.3) is 22.8 Å². The highest BCUT2D eigenvalue weighted by Crippen LogP contribution is 2.27. The van der Waals surface area contributed by atoms with Gasteiger partial charge in [-0.3, -0.25) is 0 Å². The zero-order valence-corrected chi connectivity index (χ0v) is 11.1. The van der Waals surface area contributed by atoms with Gasteiger partial charge in [0, 0.05) is 11.1 Å². The summed E-state index contributed by atoms with van der Waals surface area (Å²) in [5, 5.41) is 13.3. The molecule has 0 aliphatic rings. The summed E-state index contributed by atoms with van der Waals surface area (Å²) in [6.45, 7) is 0. The average molecular weight is 286 g/mol. The summed E-state index contributed by atoms with van der Waals surface area (Å²) in [4.78, 5) is 4.19. The Morgan fingerprint density at radius 1 is 1.14 bits per heavy atom. The largest absolute Gasteiger partial charge is 0.508 e. The highest BCUT2D eigenvalue weighted by molar-refractivity contribution is 5.61. The van der Waals surface area contributed by atoms with Crippen molar-refractivity contribution in [3.05, 3.63) is 48.3 Å². The Balaban J connectivity index is 1.96. The van der Waals surface area contributed by atoms with Crippen LogP contribution in [0.2, 0.25) is 0 Å². The molecule has 0 atom stereocenters. The van der Waals surface area contributed by atoms with Crippen LogP contribution in [0.5, 0.6) is 11.5 Å². The Morgan fingerprint density at radius 3 is 2.71 bits per heavy atom. The predicted octanol–water partition coefficient (Wildman–Crippen LogP) is 3.26. The molecule has 3 rings (SSSR count). The van der Waals surface area contributed by atoms with E-state index in [-0.39, 0.29) is 17.4 Å². The third-order valence-corrected chi connectivity index (χ3v) is 2.93. The molecule has 0 amide bonds. The molecule has 0 unspecified atom stereocenters. The van der Waals surface area contributed by atoms with Gasteiger partial charge in [-0.25, -0.2) is 4.39 Å². The third kappa shape index (κ3) is 2.55. The van der Waals surface area contributed by atoms with Crippen LogP contribution in [-0.4, -0.2) is 22.4 Å². The van der Waals surface area contributed by atoms with Crippen LogP contribution in [0, 0.1) is 5.82 Å². The molecule has 1 aromatic heterocycles. The maximum absolute atomic E-state index is 13.7. The van der Waals surface area contributed by atoms with Crippen molar-refractivity contribution in [2.24, 2.45) is 0 Å². The Bertz CT molecular complexity index is 786. The summed E-state index contributed by atoms with van der Waals surface area (Å²) in [6, 6.07) is 10.9. The van der Waals surface area contributed by atoms with Crippen molar-refractivity contribution in [1.29, 1.82) is 0 Å². The SMILES string of the molecule is COc1ccc(-c2nc(-c3cccc(O)c3)no2)cc1F. The fourth-order valence-corrected chi connectivity index (χ4v) is 1.90. The lowest BCUT2D eigenvalue weighted by molar-refractivity contribution is 0.386. The average Bonchev–Trinajstić information content (AvgIpc) is 2.97. The number of methoxy groups -OCH3 is 1. The standard InChI is InChI=1S/C15H11FN2O3/c1-20-13-6-5-10(8-12(13)16)15-17-14(18-21-15)9-3-2-4-11(19)7-9/h2-8,19H,1H3. The molecule has 0 aliphatic carbocycles. The van der Waals surface area contributed by atoms with Gasteiger partial charge in [-0.05, 0) is 30.3 Å². The first-order chi connectivity index (χ1) is 10.2. The first-order valence-electron chi connectivity index (χ1n) is 6.14. The van der Waals surface area contributed by atoms with E-state index in [2.05, 4.69) is 10.1 Å². The topological polar surface area (TPSA) is 68.4 Å². The van der Waals surface area contributed by atoms with Crippen LogP contribution >= 0.6 is 0 Å². The first kappa shape index (κ1) is 13.1. The van der Waals surface area contributed by atoms with E-state index in [1.165, 1.54) is 25.3 Å². The number of aromatic nitrogens is 2. The van der Waals surface area contributed by atoms with E-state index >= 15 is 0 Å². The van der Waals surface area contributed by atoms with Gasteiger partial charge in [0.15, 0.2) is 11.6 Å². The van der Waals surface area contributed by atoms with Crippen molar-refractivity contribution < 1.29 is 18.8 Å². The van der Waals surface area contributed by atoms with Gasteiger partial charge in [-0.15, -0.1) is 0 Å². The van der Waals surface area contributed by atoms with E-state index in [1.807, 2.05) is 0 Å². The van der Waals surface area contributed by atoms with Gasteiger partial charge >= 0.3 is 0 Å². The lowest BCUT2D eigenvalue weighted by Crippen LogP contribution is -1.88. The Morgan fingerprint density at radius 2 is 2.00 bits per heavy atom. The van der Waals surface area contributed by atoms with Crippen molar-refractivity contribution in [3.8, 4) is 34.3 Å². The molecule has 1 heterocycles. The second-order valence-electron chi connectivity index (χ2n) is 4.32. The molecule has 3 aromatic rings. The predicted molar refractivity (Wildman–Crippen MR) is 73.3 cm³/mol. The molecule has 0 spiro atoms. The van der Waals surface area contributed by atoms with Gasteiger partial charge < -0.3 is 14.4 Å². The molecular weight excluding hydrogens is 275 g/mol. The molecule has 0 fully saturated rings. The lowest BCUT2D eigenvalue weighted by Gasteiger charge is -2.01. The van der Waals surface area contributed by atoms with Crippen LogP contribution in [0.3, 0.4) is 0 Å². The van der Waals surface area contributed by atoms with Gasteiger partial charge in [-0.2, -0.15) is 4.98 Å². The molecular formula is C15H11FN2O3. The van der Waals surface area contributed by atoms with Crippen LogP contribution in [0.15, 0.2) is 47.0 Å². The maximum Gasteiger partial charge on any atom is 0.258 e. The number of rotatable bonds is 3. The van der Waals surface area contributed by atoms with E-state index in [0.29, 0.717) is 17.0 Å². The molecule has 0 bridgehead atoms. The van der Waals surface area contributed by atoms with Gasteiger partial charge in [0.2, 0.25) is 5.82 Å². The number of phenolic OH excluding ortho intramolecular Hbond substituents is 1. The van der Waals surface area contributed by atoms with Gasteiger partial charge in [-0.1, -0.05) is 17.3 Å². The van der Waals surface area contributed by atoms with Crippen molar-refractivity contribution in [2.75, 3.05) is 7.11 Å². The molecule has 0 aliphatic heterocycles. The molecule has 1 N–H and O–H groups in total. The third-order valence-electron chi connectivity index (χ3n) is 2.93. The highest BCUT2D eigenvalue weighted by Gasteiger charge is 2.13. The number of phenols is 1. The molecule has 2 aromatic carbocycles. The molecule has 5 nitrogen and oxygen atoms in total. The number of aromatic hydroxyl groups is 1. The number of hydrogen-bond acceptors (Lipinski definition) is 5. The molecule has 0 radical (unpaired) electrons. The second kappa shape index (κ2) is 5.24. The maximum atomic E-state index is 13.7. The van der Waals surface area contributed by atoms with Crippen LogP contribution < -0.4 is 4.74 Å². The highest BCUT2D eigenvalue weighted by atomic mass is 19.1. The molecule has 21 heavy (non-hydrogen) atoms. The van der Waals surface area contributed by atoms with Crippen molar-refractivity contribution in [2.45, 2.75) is 0 Å². The van der Waals surface area contributed by atoms with E-state index in [1.54, 1.807) is 24.3 Å². The summed E-state index contributed by atoms with van der Waals surface area (Å²) >= 11 is 0. The minimum Gasteiger partial charge on any atom is -0.508 e. The summed E-state index contributed by atoms with van der Waals surface area (Å²) in [7, 11) is 1.39. The van der Waals surface area contributed by atoms with E-state index in [0.717, 1.165) is 0 Å². The first-order valence-corrected chi connectivity index (χ1v) is 6.14. The quantitative estimate of drug-likeness (QED) is 0.800. The number of halogens is 1. The summed E-state index contributed by atoms with van der Waals surface area (Å²) < 4.78 is 23.6. The summed E-state index contributed by atoms with van der Waals surface area (Å²) in [5.74, 6) is 0.250. The zero-order chi connectivity index (χ0) is 14.8. The monoisotopic (exact) mass is 286 g/mol. The minimum absolute atomic E-state index is 0.106.